The van der Waals surface area contributed by atoms with Crippen LogP contribution in [0.5, 0.6) is 0 Å². The van der Waals surface area contributed by atoms with Gasteiger partial charge in [0.1, 0.15) is 4.88 Å². The van der Waals surface area contributed by atoms with E-state index in [1.165, 1.54) is 11.5 Å². The molecule has 94 valence electrons. The van der Waals surface area contributed by atoms with E-state index in [1.54, 1.807) is 0 Å². The summed E-state index contributed by atoms with van der Waals surface area (Å²) in [6, 6.07) is 0. The fraction of sp³-hybridized carbons (Fsp3) is 0.727. The van der Waals surface area contributed by atoms with Crippen LogP contribution in [0, 0.1) is 12.8 Å². The molecule has 1 fully saturated rings. The third-order valence-corrected chi connectivity index (χ3v) is 4.89. The molecule has 0 spiro atoms. The summed E-state index contributed by atoms with van der Waals surface area (Å²) in [5.74, 6) is 0.776. The van der Waals surface area contributed by atoms with Gasteiger partial charge in [0.2, 0.25) is 0 Å². The van der Waals surface area contributed by atoms with Crippen molar-refractivity contribution in [2.75, 3.05) is 13.1 Å². The molecule has 1 aliphatic heterocycles. The number of alkyl halides is 1. The monoisotopic (exact) mass is 317 g/mol. The standard InChI is InChI=1S/C11H16BrN3OS/c1-7(12)9-3-5-15(6-4-9)11(16)10-8(2)13-14-17-10/h7,9H,3-6H2,1-2H3. The van der Waals surface area contributed by atoms with E-state index in [0.29, 0.717) is 15.6 Å². The van der Waals surface area contributed by atoms with Gasteiger partial charge in [0.05, 0.1) is 5.69 Å². The number of aromatic nitrogens is 2. The average Bonchev–Trinajstić information content (AvgIpc) is 2.74. The van der Waals surface area contributed by atoms with Gasteiger partial charge in [-0.25, -0.2) is 0 Å². The highest BCUT2D eigenvalue weighted by Crippen LogP contribution is 2.26. The molecule has 17 heavy (non-hydrogen) atoms. The normalized spacial score (nSPS) is 19.4. The van der Waals surface area contributed by atoms with E-state index in [1.807, 2.05) is 11.8 Å². The summed E-state index contributed by atoms with van der Waals surface area (Å²) in [6.07, 6.45) is 2.15. The summed E-state index contributed by atoms with van der Waals surface area (Å²) in [4.78, 5) is 15.4. The van der Waals surface area contributed by atoms with Crippen LogP contribution in [0.1, 0.15) is 35.1 Å². The summed E-state index contributed by atoms with van der Waals surface area (Å²) in [5.41, 5.74) is 0.746. The van der Waals surface area contributed by atoms with E-state index in [-0.39, 0.29) is 5.91 Å². The van der Waals surface area contributed by atoms with Crippen molar-refractivity contribution in [3.63, 3.8) is 0 Å². The SMILES string of the molecule is Cc1nnsc1C(=O)N1CCC(C(C)Br)CC1. The van der Waals surface area contributed by atoms with Gasteiger partial charge in [-0.2, -0.15) is 0 Å². The molecule has 0 radical (unpaired) electrons. The molecule has 2 heterocycles. The molecule has 1 amide bonds. The molecule has 1 unspecified atom stereocenters. The van der Waals surface area contributed by atoms with Gasteiger partial charge in [-0.15, -0.1) is 5.10 Å². The summed E-state index contributed by atoms with van der Waals surface area (Å²) in [6.45, 7) is 5.71. The van der Waals surface area contributed by atoms with Crippen molar-refractivity contribution in [1.29, 1.82) is 0 Å². The topological polar surface area (TPSA) is 46.1 Å². The zero-order chi connectivity index (χ0) is 12.4. The Morgan fingerprint density at radius 2 is 2.18 bits per heavy atom. The number of halogens is 1. The van der Waals surface area contributed by atoms with Crippen LogP contribution in [-0.4, -0.2) is 38.3 Å². The largest absolute Gasteiger partial charge is 0.338 e. The molecule has 0 aliphatic carbocycles. The molecule has 1 aromatic heterocycles. The van der Waals surface area contributed by atoms with Gasteiger partial charge in [-0.3, -0.25) is 4.79 Å². The lowest BCUT2D eigenvalue weighted by molar-refractivity contribution is 0.0695. The first-order valence-electron chi connectivity index (χ1n) is 5.82. The Morgan fingerprint density at radius 1 is 1.53 bits per heavy atom. The summed E-state index contributed by atoms with van der Waals surface area (Å²) in [7, 11) is 0. The number of hydrogen-bond acceptors (Lipinski definition) is 4. The first kappa shape index (κ1) is 13.0. The van der Waals surface area contributed by atoms with Gasteiger partial charge >= 0.3 is 0 Å². The second-order valence-corrected chi connectivity index (χ2v) is 6.69. The Morgan fingerprint density at radius 3 is 2.65 bits per heavy atom. The Labute approximate surface area is 114 Å². The highest BCUT2D eigenvalue weighted by atomic mass is 79.9. The molecule has 4 nitrogen and oxygen atoms in total. The van der Waals surface area contributed by atoms with Gasteiger partial charge in [0.15, 0.2) is 0 Å². The number of nitrogens with zero attached hydrogens (tertiary/aromatic N) is 3. The van der Waals surface area contributed by atoms with Crippen molar-refractivity contribution in [2.24, 2.45) is 5.92 Å². The minimum absolute atomic E-state index is 0.0955. The van der Waals surface area contributed by atoms with Gasteiger partial charge in [-0.05, 0) is 37.2 Å². The molecule has 1 aliphatic rings. The zero-order valence-electron chi connectivity index (χ0n) is 10.0. The van der Waals surface area contributed by atoms with Crippen LogP contribution in [0.25, 0.3) is 0 Å². The number of carbonyl (C=O) groups is 1. The van der Waals surface area contributed by atoms with E-state index < -0.39 is 0 Å². The number of aryl methyl sites for hydroxylation is 1. The molecule has 1 saturated heterocycles. The van der Waals surface area contributed by atoms with Crippen LogP contribution in [0.2, 0.25) is 0 Å². The molecule has 1 aromatic rings. The summed E-state index contributed by atoms with van der Waals surface area (Å²) < 4.78 is 3.82. The third-order valence-electron chi connectivity index (χ3n) is 3.32. The Hall–Kier alpha value is -0.490. The molecule has 1 atom stereocenters. The molecular formula is C11H16BrN3OS. The van der Waals surface area contributed by atoms with Crippen molar-refractivity contribution >= 4 is 33.4 Å². The van der Waals surface area contributed by atoms with Gasteiger partial charge in [0.25, 0.3) is 5.91 Å². The van der Waals surface area contributed by atoms with E-state index >= 15 is 0 Å². The molecule has 0 bridgehead atoms. The summed E-state index contributed by atoms with van der Waals surface area (Å²) >= 11 is 4.82. The van der Waals surface area contributed by atoms with Crippen molar-refractivity contribution in [3.05, 3.63) is 10.6 Å². The predicted octanol–water partition coefficient (Wildman–Crippen LogP) is 2.48. The van der Waals surface area contributed by atoms with Gasteiger partial charge in [-0.1, -0.05) is 27.3 Å². The van der Waals surface area contributed by atoms with Crippen LogP contribution in [-0.2, 0) is 0 Å². The zero-order valence-corrected chi connectivity index (χ0v) is 12.4. The van der Waals surface area contributed by atoms with Crippen LogP contribution in [0.15, 0.2) is 0 Å². The maximum Gasteiger partial charge on any atom is 0.267 e. The highest BCUT2D eigenvalue weighted by molar-refractivity contribution is 9.09. The number of likely N-dealkylation sites (tertiary alicyclic amines) is 1. The molecule has 0 N–H and O–H groups in total. The predicted molar refractivity (Wildman–Crippen MR) is 71.7 cm³/mol. The van der Waals surface area contributed by atoms with Crippen molar-refractivity contribution < 1.29 is 4.79 Å². The maximum atomic E-state index is 12.2. The Bertz CT molecular complexity index is 399. The van der Waals surface area contributed by atoms with E-state index in [4.69, 9.17) is 0 Å². The Kier molecular flexibility index (Phi) is 4.14. The van der Waals surface area contributed by atoms with E-state index in [9.17, 15) is 4.79 Å². The molecule has 0 saturated carbocycles. The number of piperidine rings is 1. The van der Waals surface area contributed by atoms with Crippen LogP contribution in [0.3, 0.4) is 0 Å². The second-order valence-electron chi connectivity index (χ2n) is 4.49. The molecule has 0 aromatic carbocycles. The van der Waals surface area contributed by atoms with Crippen LogP contribution in [0.4, 0.5) is 0 Å². The lowest BCUT2D eigenvalue weighted by Gasteiger charge is -2.33. The average molecular weight is 318 g/mol. The van der Waals surface area contributed by atoms with Crippen LogP contribution >= 0.6 is 27.5 Å². The number of carbonyl (C=O) groups excluding carboxylic acids is 1. The highest BCUT2D eigenvalue weighted by Gasteiger charge is 2.27. The second kappa shape index (κ2) is 5.44. The van der Waals surface area contributed by atoms with Gasteiger partial charge < -0.3 is 4.90 Å². The van der Waals surface area contributed by atoms with Crippen molar-refractivity contribution in [3.8, 4) is 0 Å². The molecular weight excluding hydrogens is 302 g/mol. The fourth-order valence-corrected chi connectivity index (χ4v) is 3.29. The van der Waals surface area contributed by atoms with E-state index in [2.05, 4.69) is 32.4 Å². The first-order valence-corrected chi connectivity index (χ1v) is 7.50. The third kappa shape index (κ3) is 2.85. The maximum absolute atomic E-state index is 12.2. The fourth-order valence-electron chi connectivity index (χ4n) is 2.13. The number of amides is 1. The van der Waals surface area contributed by atoms with Crippen molar-refractivity contribution in [1.82, 2.24) is 14.5 Å². The Balaban J connectivity index is 1.98. The van der Waals surface area contributed by atoms with Crippen LogP contribution < -0.4 is 0 Å². The lowest BCUT2D eigenvalue weighted by atomic mass is 9.94. The number of rotatable bonds is 2. The lowest BCUT2D eigenvalue weighted by Crippen LogP contribution is -2.39. The summed E-state index contributed by atoms with van der Waals surface area (Å²) in [5, 5.41) is 3.89. The smallest absolute Gasteiger partial charge is 0.267 e. The molecule has 6 heteroatoms. The minimum Gasteiger partial charge on any atom is -0.338 e. The van der Waals surface area contributed by atoms with Gasteiger partial charge in [0, 0.05) is 17.9 Å². The molecule has 2 rings (SSSR count). The first-order chi connectivity index (χ1) is 8.09. The minimum atomic E-state index is 0.0955. The van der Waals surface area contributed by atoms with Crippen molar-refractivity contribution in [2.45, 2.75) is 31.5 Å². The number of hydrogen-bond donors (Lipinski definition) is 0. The quantitative estimate of drug-likeness (QED) is 0.787. The van der Waals surface area contributed by atoms with E-state index in [0.717, 1.165) is 31.6 Å².